The Morgan fingerprint density at radius 3 is 2.75 bits per heavy atom. The first-order valence-electron chi connectivity index (χ1n) is 5.43. The zero-order valence-electron chi connectivity index (χ0n) is 9.57. The van der Waals surface area contributed by atoms with Crippen LogP contribution in [-0.4, -0.2) is 56.1 Å². The van der Waals surface area contributed by atoms with E-state index in [1.165, 1.54) is 7.11 Å². The molecule has 0 saturated carbocycles. The number of rotatable bonds is 6. The Bertz CT molecular complexity index is 252. The van der Waals surface area contributed by atoms with Crippen LogP contribution >= 0.6 is 0 Å². The highest BCUT2D eigenvalue weighted by Crippen LogP contribution is 2.03. The van der Waals surface area contributed by atoms with Gasteiger partial charge in [-0.25, -0.2) is 0 Å². The van der Waals surface area contributed by atoms with Gasteiger partial charge in [0.25, 0.3) is 0 Å². The SMILES string of the molecule is COC(=O)CCCNC(=O)CN1CC(N)C1. The first-order valence-corrected chi connectivity index (χ1v) is 5.43. The summed E-state index contributed by atoms with van der Waals surface area (Å²) < 4.78 is 4.49. The van der Waals surface area contributed by atoms with Crippen molar-refractivity contribution in [2.75, 3.05) is 33.3 Å². The molecule has 3 N–H and O–H groups in total. The number of nitrogens with two attached hydrogens (primary N) is 1. The molecule has 6 heteroatoms. The summed E-state index contributed by atoms with van der Waals surface area (Å²) in [5.74, 6) is -0.264. The fraction of sp³-hybridized carbons (Fsp3) is 0.800. The molecule has 1 rings (SSSR count). The molecule has 0 atom stereocenters. The Kier molecular flexibility index (Phi) is 5.21. The molecular weight excluding hydrogens is 210 g/mol. The number of esters is 1. The van der Waals surface area contributed by atoms with Gasteiger partial charge in [0.15, 0.2) is 0 Å². The van der Waals surface area contributed by atoms with Gasteiger partial charge < -0.3 is 15.8 Å². The maximum absolute atomic E-state index is 11.4. The van der Waals surface area contributed by atoms with Crippen molar-refractivity contribution in [3.63, 3.8) is 0 Å². The van der Waals surface area contributed by atoms with E-state index in [4.69, 9.17) is 5.73 Å². The molecule has 1 aliphatic rings. The van der Waals surface area contributed by atoms with Gasteiger partial charge >= 0.3 is 5.97 Å². The summed E-state index contributed by atoms with van der Waals surface area (Å²) in [5.41, 5.74) is 5.59. The van der Waals surface area contributed by atoms with Crippen LogP contribution in [0, 0.1) is 0 Å². The molecule has 0 aromatic carbocycles. The Morgan fingerprint density at radius 1 is 1.50 bits per heavy atom. The maximum Gasteiger partial charge on any atom is 0.305 e. The lowest BCUT2D eigenvalue weighted by Gasteiger charge is -2.36. The lowest BCUT2D eigenvalue weighted by molar-refractivity contribution is -0.140. The van der Waals surface area contributed by atoms with Crippen molar-refractivity contribution < 1.29 is 14.3 Å². The maximum atomic E-state index is 11.4. The Hall–Kier alpha value is -1.14. The number of likely N-dealkylation sites (tertiary alicyclic amines) is 1. The lowest BCUT2D eigenvalue weighted by atomic mass is 10.1. The third-order valence-electron chi connectivity index (χ3n) is 2.46. The fourth-order valence-corrected chi connectivity index (χ4v) is 1.56. The van der Waals surface area contributed by atoms with E-state index < -0.39 is 0 Å². The summed E-state index contributed by atoms with van der Waals surface area (Å²) in [6.45, 7) is 2.48. The standard InChI is InChI=1S/C10H19N3O3/c1-16-10(15)3-2-4-12-9(14)7-13-5-8(11)6-13/h8H,2-7,11H2,1H3,(H,12,14). The minimum Gasteiger partial charge on any atom is -0.469 e. The number of amides is 1. The van der Waals surface area contributed by atoms with Crippen molar-refractivity contribution in [2.24, 2.45) is 5.73 Å². The van der Waals surface area contributed by atoms with E-state index in [1.807, 2.05) is 4.90 Å². The van der Waals surface area contributed by atoms with Crippen LogP contribution in [0.3, 0.4) is 0 Å². The van der Waals surface area contributed by atoms with Gasteiger partial charge in [0.1, 0.15) is 0 Å². The Labute approximate surface area is 95.1 Å². The van der Waals surface area contributed by atoms with Crippen molar-refractivity contribution >= 4 is 11.9 Å². The van der Waals surface area contributed by atoms with Gasteiger partial charge in [-0.2, -0.15) is 0 Å². The highest BCUT2D eigenvalue weighted by Gasteiger charge is 2.24. The largest absolute Gasteiger partial charge is 0.469 e. The molecule has 92 valence electrons. The molecule has 1 fully saturated rings. The van der Waals surface area contributed by atoms with Gasteiger partial charge in [-0.3, -0.25) is 14.5 Å². The average molecular weight is 229 g/mol. The van der Waals surface area contributed by atoms with Crippen LogP contribution in [0.2, 0.25) is 0 Å². The van der Waals surface area contributed by atoms with Gasteiger partial charge in [0.05, 0.1) is 13.7 Å². The summed E-state index contributed by atoms with van der Waals surface area (Å²) in [6.07, 6.45) is 0.948. The van der Waals surface area contributed by atoms with Crippen LogP contribution in [0.1, 0.15) is 12.8 Å². The molecule has 0 aromatic heterocycles. The minimum atomic E-state index is -0.247. The van der Waals surface area contributed by atoms with Gasteiger partial charge in [0, 0.05) is 32.1 Å². The molecule has 0 unspecified atom stereocenters. The number of carbonyl (C=O) groups excluding carboxylic acids is 2. The second-order valence-corrected chi connectivity index (χ2v) is 3.98. The van der Waals surface area contributed by atoms with E-state index >= 15 is 0 Å². The molecule has 1 amide bonds. The predicted octanol–water partition coefficient (Wildman–Crippen LogP) is -1.30. The van der Waals surface area contributed by atoms with E-state index in [2.05, 4.69) is 10.1 Å². The van der Waals surface area contributed by atoms with E-state index in [0.29, 0.717) is 25.9 Å². The minimum absolute atomic E-state index is 0.0169. The number of nitrogens with zero attached hydrogens (tertiary/aromatic N) is 1. The highest BCUT2D eigenvalue weighted by atomic mass is 16.5. The number of hydrogen-bond donors (Lipinski definition) is 2. The number of carbonyl (C=O) groups is 2. The number of ether oxygens (including phenoxy) is 1. The number of nitrogens with one attached hydrogen (secondary N) is 1. The Balaban J connectivity index is 1.96. The van der Waals surface area contributed by atoms with Crippen LogP contribution in [0.25, 0.3) is 0 Å². The summed E-state index contributed by atoms with van der Waals surface area (Å²) in [7, 11) is 1.36. The topological polar surface area (TPSA) is 84.7 Å². The summed E-state index contributed by atoms with van der Waals surface area (Å²) >= 11 is 0. The second-order valence-electron chi connectivity index (χ2n) is 3.98. The van der Waals surface area contributed by atoms with E-state index in [9.17, 15) is 9.59 Å². The van der Waals surface area contributed by atoms with Gasteiger partial charge in [-0.1, -0.05) is 0 Å². The monoisotopic (exact) mass is 229 g/mol. The van der Waals surface area contributed by atoms with Crippen LogP contribution in [0.15, 0.2) is 0 Å². The predicted molar refractivity (Wildman–Crippen MR) is 58.7 cm³/mol. The third kappa shape index (κ3) is 4.59. The second kappa shape index (κ2) is 6.44. The van der Waals surface area contributed by atoms with Gasteiger partial charge in [-0.05, 0) is 6.42 Å². The van der Waals surface area contributed by atoms with E-state index in [1.54, 1.807) is 0 Å². The van der Waals surface area contributed by atoms with Crippen molar-refractivity contribution in [1.82, 2.24) is 10.2 Å². The van der Waals surface area contributed by atoms with Crippen molar-refractivity contribution in [2.45, 2.75) is 18.9 Å². The third-order valence-corrected chi connectivity index (χ3v) is 2.46. The van der Waals surface area contributed by atoms with E-state index in [-0.39, 0.29) is 17.9 Å². The summed E-state index contributed by atoms with van der Waals surface area (Å²) in [4.78, 5) is 24.1. The van der Waals surface area contributed by atoms with Crippen LogP contribution in [0.5, 0.6) is 0 Å². The molecule has 0 aliphatic carbocycles. The molecule has 1 aliphatic heterocycles. The molecular formula is C10H19N3O3. The highest BCUT2D eigenvalue weighted by molar-refractivity contribution is 5.78. The first kappa shape index (κ1) is 12.9. The normalized spacial score (nSPS) is 16.6. The molecule has 1 heterocycles. The number of methoxy groups -OCH3 is 1. The van der Waals surface area contributed by atoms with Crippen LogP contribution < -0.4 is 11.1 Å². The zero-order valence-corrected chi connectivity index (χ0v) is 9.57. The van der Waals surface area contributed by atoms with E-state index in [0.717, 1.165) is 13.1 Å². The molecule has 0 aromatic rings. The molecule has 0 spiro atoms. The van der Waals surface area contributed by atoms with Gasteiger partial charge in [-0.15, -0.1) is 0 Å². The lowest BCUT2D eigenvalue weighted by Crippen LogP contribution is -2.57. The molecule has 0 radical (unpaired) electrons. The average Bonchev–Trinajstić information content (AvgIpc) is 2.22. The summed E-state index contributed by atoms with van der Waals surface area (Å²) in [6, 6.07) is 0.215. The number of hydrogen-bond acceptors (Lipinski definition) is 5. The smallest absolute Gasteiger partial charge is 0.305 e. The fourth-order valence-electron chi connectivity index (χ4n) is 1.56. The first-order chi connectivity index (χ1) is 7.61. The molecule has 1 saturated heterocycles. The molecule has 16 heavy (non-hydrogen) atoms. The zero-order chi connectivity index (χ0) is 12.0. The quantitative estimate of drug-likeness (QED) is 0.437. The molecule has 0 bridgehead atoms. The molecule has 6 nitrogen and oxygen atoms in total. The van der Waals surface area contributed by atoms with Crippen LogP contribution in [-0.2, 0) is 14.3 Å². The summed E-state index contributed by atoms with van der Waals surface area (Å²) in [5, 5.41) is 2.75. The van der Waals surface area contributed by atoms with Crippen molar-refractivity contribution in [1.29, 1.82) is 0 Å². The van der Waals surface area contributed by atoms with Crippen LogP contribution in [0.4, 0.5) is 0 Å². The van der Waals surface area contributed by atoms with Crippen molar-refractivity contribution in [3.8, 4) is 0 Å². The van der Waals surface area contributed by atoms with Gasteiger partial charge in [0.2, 0.25) is 5.91 Å². The Morgan fingerprint density at radius 2 is 2.19 bits per heavy atom. The van der Waals surface area contributed by atoms with Crippen molar-refractivity contribution in [3.05, 3.63) is 0 Å².